The van der Waals surface area contributed by atoms with Gasteiger partial charge in [0.15, 0.2) is 0 Å². The van der Waals surface area contributed by atoms with E-state index >= 15 is 0 Å². The molecule has 0 radical (unpaired) electrons. The van der Waals surface area contributed by atoms with Gasteiger partial charge >= 0.3 is 0 Å². The first-order valence-electron chi connectivity index (χ1n) is 7.05. The normalized spacial score (nSPS) is 14.5. The van der Waals surface area contributed by atoms with E-state index in [1.165, 1.54) is 23.8 Å². The van der Waals surface area contributed by atoms with Gasteiger partial charge in [0.1, 0.15) is 0 Å². The summed E-state index contributed by atoms with van der Waals surface area (Å²) in [7, 11) is 0. The van der Waals surface area contributed by atoms with Gasteiger partial charge in [0.05, 0.1) is 5.52 Å². The van der Waals surface area contributed by atoms with Crippen LogP contribution >= 0.6 is 0 Å². The fourth-order valence-electron chi connectivity index (χ4n) is 2.62. The zero-order valence-corrected chi connectivity index (χ0v) is 11.8. The highest BCUT2D eigenvalue weighted by atomic mass is 15.2. The molecule has 2 rings (SSSR count). The average molecular weight is 257 g/mol. The minimum absolute atomic E-state index is 0.214. The van der Waals surface area contributed by atoms with Gasteiger partial charge in [-0.05, 0) is 36.1 Å². The SMILES string of the molecule is CCCC(C)CC(NN)c1ccc2ncccc2c1. The third-order valence-electron chi connectivity index (χ3n) is 3.65. The van der Waals surface area contributed by atoms with Crippen molar-refractivity contribution in [2.45, 2.75) is 39.2 Å². The predicted octanol–water partition coefficient (Wildman–Crippen LogP) is 3.57. The van der Waals surface area contributed by atoms with Gasteiger partial charge in [-0.1, -0.05) is 38.8 Å². The zero-order valence-electron chi connectivity index (χ0n) is 11.8. The Bertz CT molecular complexity index is 524. The maximum atomic E-state index is 5.73. The first-order valence-corrected chi connectivity index (χ1v) is 7.05. The molecule has 2 unspecified atom stereocenters. The highest BCUT2D eigenvalue weighted by molar-refractivity contribution is 5.79. The Labute approximate surface area is 115 Å². The van der Waals surface area contributed by atoms with E-state index in [0.29, 0.717) is 5.92 Å². The van der Waals surface area contributed by atoms with Gasteiger partial charge in [-0.3, -0.25) is 16.3 Å². The number of hydrogen-bond acceptors (Lipinski definition) is 3. The molecule has 2 aromatic rings. The van der Waals surface area contributed by atoms with Gasteiger partial charge in [-0.25, -0.2) is 0 Å². The number of nitrogens with two attached hydrogens (primary N) is 1. The molecule has 102 valence electrons. The van der Waals surface area contributed by atoms with E-state index in [1.807, 2.05) is 12.3 Å². The Morgan fingerprint density at radius 2 is 2.16 bits per heavy atom. The lowest BCUT2D eigenvalue weighted by molar-refractivity contribution is 0.395. The van der Waals surface area contributed by atoms with E-state index in [-0.39, 0.29) is 6.04 Å². The summed E-state index contributed by atoms with van der Waals surface area (Å²) in [5.41, 5.74) is 5.22. The van der Waals surface area contributed by atoms with E-state index in [0.717, 1.165) is 11.9 Å². The van der Waals surface area contributed by atoms with Crippen molar-refractivity contribution in [3.05, 3.63) is 42.1 Å². The molecule has 0 amide bonds. The van der Waals surface area contributed by atoms with Gasteiger partial charge in [-0.2, -0.15) is 0 Å². The Morgan fingerprint density at radius 3 is 2.89 bits per heavy atom. The lowest BCUT2D eigenvalue weighted by Crippen LogP contribution is -2.29. The van der Waals surface area contributed by atoms with E-state index in [9.17, 15) is 0 Å². The molecule has 0 fully saturated rings. The van der Waals surface area contributed by atoms with Crippen LogP contribution in [0.2, 0.25) is 0 Å². The number of nitrogens with one attached hydrogen (secondary N) is 1. The van der Waals surface area contributed by atoms with E-state index < -0.39 is 0 Å². The fraction of sp³-hybridized carbons (Fsp3) is 0.438. The van der Waals surface area contributed by atoms with Gasteiger partial charge in [0.2, 0.25) is 0 Å². The summed E-state index contributed by atoms with van der Waals surface area (Å²) in [5.74, 6) is 6.40. The molecule has 2 atom stereocenters. The van der Waals surface area contributed by atoms with Crippen LogP contribution in [-0.2, 0) is 0 Å². The number of fused-ring (bicyclic) bond motifs is 1. The van der Waals surface area contributed by atoms with Gasteiger partial charge in [0, 0.05) is 17.6 Å². The topological polar surface area (TPSA) is 50.9 Å². The van der Waals surface area contributed by atoms with Crippen molar-refractivity contribution < 1.29 is 0 Å². The smallest absolute Gasteiger partial charge is 0.0702 e. The quantitative estimate of drug-likeness (QED) is 0.614. The predicted molar refractivity (Wildman–Crippen MR) is 80.5 cm³/mol. The van der Waals surface area contributed by atoms with Crippen LogP contribution in [-0.4, -0.2) is 4.98 Å². The molecule has 0 bridgehead atoms. The molecule has 0 aliphatic rings. The Hall–Kier alpha value is -1.45. The molecular weight excluding hydrogens is 234 g/mol. The highest BCUT2D eigenvalue weighted by Crippen LogP contribution is 2.25. The van der Waals surface area contributed by atoms with Gasteiger partial charge < -0.3 is 0 Å². The van der Waals surface area contributed by atoms with Crippen molar-refractivity contribution in [3.8, 4) is 0 Å². The second-order valence-corrected chi connectivity index (χ2v) is 5.30. The Kier molecular flexibility index (Phi) is 4.88. The highest BCUT2D eigenvalue weighted by Gasteiger charge is 2.14. The van der Waals surface area contributed by atoms with Gasteiger partial charge in [0.25, 0.3) is 0 Å². The zero-order chi connectivity index (χ0) is 13.7. The molecule has 1 aromatic heterocycles. The summed E-state index contributed by atoms with van der Waals surface area (Å²) >= 11 is 0. The van der Waals surface area contributed by atoms with Crippen LogP contribution in [0.1, 0.15) is 44.7 Å². The third-order valence-corrected chi connectivity index (χ3v) is 3.65. The van der Waals surface area contributed by atoms with Crippen molar-refractivity contribution >= 4 is 10.9 Å². The van der Waals surface area contributed by atoms with E-state index in [4.69, 9.17) is 5.84 Å². The minimum Gasteiger partial charge on any atom is -0.271 e. The number of hydrazine groups is 1. The van der Waals surface area contributed by atoms with Gasteiger partial charge in [-0.15, -0.1) is 0 Å². The van der Waals surface area contributed by atoms with Crippen LogP contribution in [0.15, 0.2) is 36.5 Å². The molecule has 0 aliphatic carbocycles. The first kappa shape index (κ1) is 14.0. The van der Waals surface area contributed by atoms with Crippen molar-refractivity contribution in [3.63, 3.8) is 0 Å². The number of aromatic nitrogens is 1. The maximum Gasteiger partial charge on any atom is 0.0702 e. The monoisotopic (exact) mass is 257 g/mol. The van der Waals surface area contributed by atoms with Crippen molar-refractivity contribution in [2.75, 3.05) is 0 Å². The molecule has 1 heterocycles. The standard InChI is InChI=1S/C16H23N3/c1-3-5-12(2)10-16(19-17)14-7-8-15-13(11-14)6-4-9-18-15/h4,6-9,11-12,16,19H,3,5,10,17H2,1-2H3. The summed E-state index contributed by atoms with van der Waals surface area (Å²) < 4.78 is 0. The van der Waals surface area contributed by atoms with Crippen LogP contribution in [0.4, 0.5) is 0 Å². The lowest BCUT2D eigenvalue weighted by Gasteiger charge is -2.20. The van der Waals surface area contributed by atoms with Crippen molar-refractivity contribution in [1.82, 2.24) is 10.4 Å². The summed E-state index contributed by atoms with van der Waals surface area (Å²) in [6, 6.07) is 10.7. The molecular formula is C16H23N3. The molecule has 0 saturated carbocycles. The first-order chi connectivity index (χ1) is 9.24. The third kappa shape index (κ3) is 3.52. The molecule has 1 aromatic carbocycles. The Balaban J connectivity index is 2.20. The number of hydrogen-bond donors (Lipinski definition) is 2. The summed E-state index contributed by atoms with van der Waals surface area (Å²) in [5, 5.41) is 1.17. The summed E-state index contributed by atoms with van der Waals surface area (Å²) in [6.45, 7) is 4.51. The van der Waals surface area contributed by atoms with E-state index in [2.05, 4.69) is 48.5 Å². The van der Waals surface area contributed by atoms with Crippen LogP contribution in [0.5, 0.6) is 0 Å². The summed E-state index contributed by atoms with van der Waals surface area (Å²) in [6.07, 6.45) is 5.35. The van der Waals surface area contributed by atoms with Crippen molar-refractivity contribution in [1.29, 1.82) is 0 Å². The molecule has 0 spiro atoms. The minimum atomic E-state index is 0.214. The number of nitrogens with zero attached hydrogens (tertiary/aromatic N) is 1. The molecule has 3 N–H and O–H groups in total. The second-order valence-electron chi connectivity index (χ2n) is 5.30. The van der Waals surface area contributed by atoms with Crippen LogP contribution in [0, 0.1) is 5.92 Å². The number of pyridine rings is 1. The maximum absolute atomic E-state index is 5.73. The second kappa shape index (κ2) is 6.64. The molecule has 0 saturated heterocycles. The fourth-order valence-corrected chi connectivity index (χ4v) is 2.62. The molecule has 3 nitrogen and oxygen atoms in total. The largest absolute Gasteiger partial charge is 0.271 e. The average Bonchev–Trinajstić information content (AvgIpc) is 2.44. The number of benzene rings is 1. The van der Waals surface area contributed by atoms with Crippen LogP contribution in [0.3, 0.4) is 0 Å². The summed E-state index contributed by atoms with van der Waals surface area (Å²) in [4.78, 5) is 4.35. The molecule has 19 heavy (non-hydrogen) atoms. The van der Waals surface area contributed by atoms with Crippen molar-refractivity contribution in [2.24, 2.45) is 11.8 Å². The number of rotatable bonds is 6. The lowest BCUT2D eigenvalue weighted by atomic mass is 9.93. The molecule has 3 heteroatoms. The molecule has 0 aliphatic heterocycles. The van der Waals surface area contributed by atoms with E-state index in [1.54, 1.807) is 0 Å². The Morgan fingerprint density at radius 1 is 1.32 bits per heavy atom. The van der Waals surface area contributed by atoms with Crippen LogP contribution < -0.4 is 11.3 Å². The van der Waals surface area contributed by atoms with Crippen LogP contribution in [0.25, 0.3) is 10.9 Å².